The van der Waals surface area contributed by atoms with Gasteiger partial charge in [-0.15, -0.1) is 0 Å². The smallest absolute Gasteiger partial charge is 0.154 e. The van der Waals surface area contributed by atoms with Crippen molar-refractivity contribution in [1.29, 1.82) is 0 Å². The Bertz CT molecular complexity index is 366. The predicted molar refractivity (Wildman–Crippen MR) is 58.9 cm³/mol. The summed E-state index contributed by atoms with van der Waals surface area (Å²) in [6, 6.07) is 8.05. The summed E-state index contributed by atoms with van der Waals surface area (Å²) in [4.78, 5) is 11.0. The van der Waals surface area contributed by atoms with Crippen LogP contribution in [0.5, 0.6) is 0 Å². The molecule has 0 atom stereocenters. The molecular formula is C12H15NO. The second-order valence-electron chi connectivity index (χ2n) is 3.29. The van der Waals surface area contributed by atoms with Gasteiger partial charge >= 0.3 is 0 Å². The maximum Gasteiger partial charge on any atom is 0.154 e. The van der Waals surface area contributed by atoms with Gasteiger partial charge in [-0.2, -0.15) is 0 Å². The van der Waals surface area contributed by atoms with Crippen LogP contribution in [0.25, 0.3) is 5.70 Å². The number of allylic oxidation sites excluding steroid dienone is 1. The van der Waals surface area contributed by atoms with E-state index in [1.165, 1.54) is 5.56 Å². The molecule has 2 heteroatoms. The predicted octanol–water partition coefficient (Wildman–Crippen LogP) is 2.14. The zero-order valence-corrected chi connectivity index (χ0v) is 8.79. The monoisotopic (exact) mass is 189 g/mol. The highest BCUT2D eigenvalue weighted by molar-refractivity contribution is 5.94. The van der Waals surface area contributed by atoms with Crippen LogP contribution in [0.4, 0.5) is 0 Å². The Balaban J connectivity index is 3.07. The van der Waals surface area contributed by atoms with Crippen LogP contribution in [-0.2, 0) is 4.79 Å². The van der Waals surface area contributed by atoms with Gasteiger partial charge in [0.15, 0.2) is 5.78 Å². The molecule has 74 valence electrons. The van der Waals surface area contributed by atoms with E-state index in [2.05, 4.69) is 5.32 Å². The Morgan fingerprint density at radius 1 is 1.43 bits per heavy atom. The van der Waals surface area contributed by atoms with E-state index in [1.54, 1.807) is 13.0 Å². The number of hydrogen-bond donors (Lipinski definition) is 1. The zero-order valence-electron chi connectivity index (χ0n) is 8.79. The molecule has 1 rings (SSSR count). The van der Waals surface area contributed by atoms with Gasteiger partial charge in [0.25, 0.3) is 0 Å². The average molecular weight is 189 g/mol. The fourth-order valence-electron chi connectivity index (χ4n) is 1.32. The first-order chi connectivity index (χ1) is 6.63. The minimum Gasteiger partial charge on any atom is -0.388 e. The lowest BCUT2D eigenvalue weighted by atomic mass is 10.1. The molecule has 1 aromatic rings. The number of carbonyl (C=O) groups is 1. The van der Waals surface area contributed by atoms with E-state index in [0.717, 1.165) is 11.3 Å². The van der Waals surface area contributed by atoms with Crippen molar-refractivity contribution < 1.29 is 4.79 Å². The van der Waals surface area contributed by atoms with Crippen molar-refractivity contribution >= 4 is 11.5 Å². The fraction of sp³-hybridized carbons (Fsp3) is 0.250. The van der Waals surface area contributed by atoms with E-state index in [9.17, 15) is 4.79 Å². The minimum atomic E-state index is 0.0517. The van der Waals surface area contributed by atoms with Crippen molar-refractivity contribution in [2.45, 2.75) is 13.8 Å². The zero-order chi connectivity index (χ0) is 10.6. The van der Waals surface area contributed by atoms with E-state index in [4.69, 9.17) is 0 Å². The van der Waals surface area contributed by atoms with E-state index in [1.807, 2.05) is 38.2 Å². The molecule has 0 aromatic heterocycles. The molecule has 0 radical (unpaired) electrons. The van der Waals surface area contributed by atoms with Crippen LogP contribution in [0.15, 0.2) is 30.3 Å². The number of rotatable bonds is 3. The third kappa shape index (κ3) is 2.73. The molecule has 0 spiro atoms. The Hall–Kier alpha value is -1.57. The highest BCUT2D eigenvalue weighted by atomic mass is 16.1. The summed E-state index contributed by atoms with van der Waals surface area (Å²) in [5, 5.41) is 3.02. The number of benzene rings is 1. The largest absolute Gasteiger partial charge is 0.388 e. The van der Waals surface area contributed by atoms with Gasteiger partial charge in [0.05, 0.1) is 0 Å². The highest BCUT2D eigenvalue weighted by Crippen LogP contribution is 2.12. The van der Waals surface area contributed by atoms with Gasteiger partial charge in [0.2, 0.25) is 0 Å². The van der Waals surface area contributed by atoms with Gasteiger partial charge in [0, 0.05) is 18.8 Å². The first-order valence-electron chi connectivity index (χ1n) is 4.60. The van der Waals surface area contributed by atoms with Gasteiger partial charge in [-0.25, -0.2) is 0 Å². The number of nitrogens with one attached hydrogen (secondary N) is 1. The number of aryl methyl sites for hydroxylation is 1. The quantitative estimate of drug-likeness (QED) is 0.738. The molecule has 0 fully saturated rings. The normalized spacial score (nSPS) is 11.2. The topological polar surface area (TPSA) is 29.1 Å². The van der Waals surface area contributed by atoms with Gasteiger partial charge in [-0.05, 0) is 25.5 Å². The average Bonchev–Trinajstić information content (AvgIpc) is 2.14. The Kier molecular flexibility index (Phi) is 3.46. The molecule has 0 saturated carbocycles. The molecule has 0 heterocycles. The first-order valence-corrected chi connectivity index (χ1v) is 4.60. The molecule has 0 aliphatic carbocycles. The van der Waals surface area contributed by atoms with Gasteiger partial charge < -0.3 is 5.32 Å². The third-order valence-electron chi connectivity index (χ3n) is 1.95. The van der Waals surface area contributed by atoms with Crippen LogP contribution >= 0.6 is 0 Å². The molecular weight excluding hydrogens is 174 g/mol. The molecule has 0 aliphatic rings. The molecule has 1 N–H and O–H groups in total. The van der Waals surface area contributed by atoms with E-state index in [-0.39, 0.29) is 5.78 Å². The summed E-state index contributed by atoms with van der Waals surface area (Å²) in [6.07, 6.45) is 1.61. The second kappa shape index (κ2) is 4.61. The van der Waals surface area contributed by atoms with Crippen LogP contribution in [0, 0.1) is 6.92 Å². The molecule has 14 heavy (non-hydrogen) atoms. The molecule has 0 saturated heterocycles. The van der Waals surface area contributed by atoms with Crippen molar-refractivity contribution in [1.82, 2.24) is 5.32 Å². The molecule has 0 aliphatic heterocycles. The van der Waals surface area contributed by atoms with Gasteiger partial charge in [-0.1, -0.05) is 23.8 Å². The van der Waals surface area contributed by atoms with Crippen molar-refractivity contribution in [2.75, 3.05) is 7.05 Å². The lowest BCUT2D eigenvalue weighted by Gasteiger charge is -2.06. The lowest BCUT2D eigenvalue weighted by Crippen LogP contribution is -2.06. The standard InChI is InChI=1S/C12H15NO/c1-9-5-4-6-11(7-9)12(13-3)8-10(2)14/h4-8,13H,1-3H3/b12-8-. The van der Waals surface area contributed by atoms with Crippen molar-refractivity contribution in [3.05, 3.63) is 41.5 Å². The summed E-state index contributed by atoms with van der Waals surface area (Å²) in [5.74, 6) is 0.0517. The first kappa shape index (κ1) is 10.5. The molecule has 0 unspecified atom stereocenters. The SMILES string of the molecule is CN/C(=C\C(C)=O)c1cccc(C)c1. The second-order valence-corrected chi connectivity index (χ2v) is 3.29. The van der Waals surface area contributed by atoms with E-state index in [0.29, 0.717) is 0 Å². The van der Waals surface area contributed by atoms with Gasteiger partial charge in [0.1, 0.15) is 0 Å². The van der Waals surface area contributed by atoms with Crippen molar-refractivity contribution in [2.24, 2.45) is 0 Å². The molecule has 1 aromatic carbocycles. The number of carbonyl (C=O) groups excluding carboxylic acids is 1. The maximum absolute atomic E-state index is 11.0. The van der Waals surface area contributed by atoms with Crippen LogP contribution in [0.1, 0.15) is 18.1 Å². The Labute approximate surface area is 84.6 Å². The molecule has 2 nitrogen and oxygen atoms in total. The summed E-state index contributed by atoms with van der Waals surface area (Å²) >= 11 is 0. The fourth-order valence-corrected chi connectivity index (χ4v) is 1.32. The minimum absolute atomic E-state index is 0.0517. The summed E-state index contributed by atoms with van der Waals surface area (Å²) < 4.78 is 0. The summed E-state index contributed by atoms with van der Waals surface area (Å²) in [6.45, 7) is 3.58. The van der Waals surface area contributed by atoms with E-state index < -0.39 is 0 Å². The maximum atomic E-state index is 11.0. The number of ketones is 1. The number of hydrogen-bond acceptors (Lipinski definition) is 2. The van der Waals surface area contributed by atoms with Crippen molar-refractivity contribution in [3.63, 3.8) is 0 Å². The Morgan fingerprint density at radius 2 is 2.14 bits per heavy atom. The van der Waals surface area contributed by atoms with Crippen molar-refractivity contribution in [3.8, 4) is 0 Å². The van der Waals surface area contributed by atoms with Crippen LogP contribution in [0.3, 0.4) is 0 Å². The van der Waals surface area contributed by atoms with E-state index >= 15 is 0 Å². The molecule has 0 bridgehead atoms. The van der Waals surface area contributed by atoms with Gasteiger partial charge in [-0.3, -0.25) is 4.79 Å². The van der Waals surface area contributed by atoms with Crippen LogP contribution < -0.4 is 5.32 Å². The van der Waals surface area contributed by atoms with Crippen LogP contribution in [0.2, 0.25) is 0 Å². The lowest BCUT2D eigenvalue weighted by molar-refractivity contribution is -0.112. The Morgan fingerprint density at radius 3 is 2.64 bits per heavy atom. The highest BCUT2D eigenvalue weighted by Gasteiger charge is 1.99. The summed E-state index contributed by atoms with van der Waals surface area (Å²) in [5.41, 5.74) is 3.09. The summed E-state index contributed by atoms with van der Waals surface area (Å²) in [7, 11) is 1.82. The third-order valence-corrected chi connectivity index (χ3v) is 1.95. The van der Waals surface area contributed by atoms with Crippen LogP contribution in [-0.4, -0.2) is 12.8 Å². The molecule has 0 amide bonds.